The van der Waals surface area contributed by atoms with E-state index in [1.165, 1.54) is 48.5 Å². The molecule has 1 aliphatic rings. The van der Waals surface area contributed by atoms with Crippen LogP contribution in [0.4, 0.5) is 17.6 Å². The fraction of sp³-hybridized carbons (Fsp3) is 0.222. The zero-order valence-corrected chi connectivity index (χ0v) is 57.2. The number of aromatic nitrogens is 8. The highest BCUT2D eigenvalue weighted by molar-refractivity contribution is 6.36. The quantitative estimate of drug-likeness (QED) is 0.0499. The van der Waals surface area contributed by atoms with Gasteiger partial charge in [-0.15, -0.1) is 0 Å². The predicted octanol–water partition coefficient (Wildman–Crippen LogP) is 20.0. The zero-order valence-electron chi connectivity index (χ0n) is 54.2. The van der Waals surface area contributed by atoms with Crippen molar-refractivity contribution in [2.24, 2.45) is 21.7 Å². The van der Waals surface area contributed by atoms with Crippen LogP contribution in [0.15, 0.2) is 180 Å². The van der Waals surface area contributed by atoms with E-state index in [0.717, 1.165) is 19.4 Å². The maximum absolute atomic E-state index is 13.7. The van der Waals surface area contributed by atoms with E-state index in [1.54, 1.807) is 125 Å². The minimum atomic E-state index is -0.975. The van der Waals surface area contributed by atoms with Gasteiger partial charge in [-0.05, 0) is 170 Å². The third-order valence-electron chi connectivity index (χ3n) is 14.8. The van der Waals surface area contributed by atoms with E-state index < -0.39 is 28.4 Å². The standard InChI is InChI=1S/2C17H13ClFN5.2C17H15ClFN3.C4H8O2/c1-17(2,23-24-20)16-14(10-5-3-6-11(19)9-10)22-15-12(18)7-4-8-13(15)21-16;1-17(2,23-24-20)16-14(10-5-3-6-11(19)9-10)21-13-8-4-7-12(18)15(13)22-16;1-17(2,20)16-14(10-5-3-6-11(19)9-10)22-15-12(18)7-4-8-13(15)21-16;1-17(2,20)16-14(10-5-3-6-11(19)9-10)21-13-8-4-7-12(18)15(13)22-16;5-4-2-1-3-6-4/h2*3-9H,1-2H3;2*3-9H,20H2,1-2H3;4-5H,1-3H2. The number of aliphatic hydroxyl groups excluding tert-OH is 1. The third kappa shape index (κ3) is 17.6. The Labute approximate surface area is 581 Å². The van der Waals surface area contributed by atoms with E-state index in [2.05, 4.69) is 59.9 Å². The van der Waals surface area contributed by atoms with Crippen LogP contribution >= 0.6 is 46.4 Å². The number of nitrogens with zero attached hydrogens (tertiary/aromatic N) is 14. The van der Waals surface area contributed by atoms with Gasteiger partial charge in [-0.3, -0.25) is 0 Å². The normalized spacial score (nSPS) is 13.0. The number of benzene rings is 8. The lowest BCUT2D eigenvalue weighted by Gasteiger charge is -2.22. The molecule has 12 aromatic rings. The number of azide groups is 2. The first-order valence-electron chi connectivity index (χ1n) is 30.4. The molecule has 0 saturated carbocycles. The van der Waals surface area contributed by atoms with Gasteiger partial charge in [-0.1, -0.05) is 129 Å². The monoisotopic (exact) mass is 1400 g/mol. The van der Waals surface area contributed by atoms with Gasteiger partial charge in [0, 0.05) is 45.1 Å². The molecule has 0 aliphatic carbocycles. The van der Waals surface area contributed by atoms with Crippen molar-refractivity contribution >= 4 is 90.5 Å². The van der Waals surface area contributed by atoms with Crippen molar-refractivity contribution in [2.45, 2.75) is 96.7 Å². The first-order valence-corrected chi connectivity index (χ1v) is 31.9. The highest BCUT2D eigenvalue weighted by Crippen LogP contribution is 2.39. The fourth-order valence-electron chi connectivity index (χ4n) is 10.2. The van der Waals surface area contributed by atoms with Crippen LogP contribution in [0.5, 0.6) is 0 Å². The second-order valence-corrected chi connectivity index (χ2v) is 26.2. The molecule has 5 heterocycles. The van der Waals surface area contributed by atoms with Crippen LogP contribution in [-0.4, -0.2) is 57.9 Å². The van der Waals surface area contributed by atoms with Gasteiger partial charge < -0.3 is 21.3 Å². The van der Waals surface area contributed by atoms with E-state index in [-0.39, 0.29) is 23.3 Å². The Kier molecular flexibility index (Phi) is 22.9. The molecular formula is C72H64Cl4F4N16O2. The first kappa shape index (κ1) is 72.7. The van der Waals surface area contributed by atoms with E-state index in [1.807, 2.05) is 52.0 Å². The van der Waals surface area contributed by atoms with Gasteiger partial charge in [0.1, 0.15) is 45.3 Å². The van der Waals surface area contributed by atoms with Crippen molar-refractivity contribution in [1.29, 1.82) is 0 Å². The fourth-order valence-corrected chi connectivity index (χ4v) is 11.0. The summed E-state index contributed by atoms with van der Waals surface area (Å²) in [7, 11) is 0. The van der Waals surface area contributed by atoms with E-state index in [0.29, 0.717) is 132 Å². The van der Waals surface area contributed by atoms with Crippen LogP contribution in [0.25, 0.3) is 110 Å². The van der Waals surface area contributed by atoms with Crippen LogP contribution < -0.4 is 11.5 Å². The van der Waals surface area contributed by atoms with E-state index in [9.17, 15) is 17.6 Å². The molecule has 18 nitrogen and oxygen atoms in total. The molecule has 0 spiro atoms. The molecule has 0 amide bonds. The van der Waals surface area contributed by atoms with Gasteiger partial charge in [-0.2, -0.15) is 0 Å². The summed E-state index contributed by atoms with van der Waals surface area (Å²) in [4.78, 5) is 42.6. The van der Waals surface area contributed by atoms with Crippen LogP contribution in [-0.2, 0) is 26.9 Å². The topological polar surface area (TPSA) is 282 Å². The number of fused-ring (bicyclic) bond motifs is 4. The lowest BCUT2D eigenvalue weighted by Crippen LogP contribution is -2.31. The molecular weight excluding hydrogens is 1340 g/mol. The molecule has 1 unspecified atom stereocenters. The van der Waals surface area contributed by atoms with Crippen molar-refractivity contribution in [1.82, 2.24) is 39.9 Å². The lowest BCUT2D eigenvalue weighted by atomic mass is 9.95. The molecule has 4 aromatic heterocycles. The molecule has 5 N–H and O–H groups in total. The molecule has 98 heavy (non-hydrogen) atoms. The highest BCUT2D eigenvalue weighted by atomic mass is 35.5. The number of ether oxygens (including phenoxy) is 1. The van der Waals surface area contributed by atoms with Crippen LogP contribution in [0.2, 0.25) is 20.1 Å². The Hall–Kier alpha value is -9.54. The summed E-state index contributed by atoms with van der Waals surface area (Å²) in [6.07, 6.45) is 1.38. The predicted molar refractivity (Wildman–Crippen MR) is 380 cm³/mol. The summed E-state index contributed by atoms with van der Waals surface area (Å²) in [5, 5.41) is 18.1. The summed E-state index contributed by atoms with van der Waals surface area (Å²) in [5.41, 5.74) is 38.0. The van der Waals surface area contributed by atoms with Gasteiger partial charge in [0.2, 0.25) is 0 Å². The van der Waals surface area contributed by atoms with Gasteiger partial charge in [0.15, 0.2) is 6.29 Å². The smallest absolute Gasteiger partial charge is 0.154 e. The molecule has 0 bridgehead atoms. The summed E-state index contributed by atoms with van der Waals surface area (Å²) >= 11 is 24.8. The Morgan fingerprint density at radius 1 is 0.418 bits per heavy atom. The minimum Gasteiger partial charge on any atom is -0.368 e. The van der Waals surface area contributed by atoms with Crippen LogP contribution in [0.1, 0.15) is 91.0 Å². The van der Waals surface area contributed by atoms with Gasteiger partial charge in [0.05, 0.1) is 110 Å². The van der Waals surface area contributed by atoms with Crippen molar-refractivity contribution in [3.05, 3.63) is 257 Å². The maximum atomic E-state index is 13.7. The molecule has 1 saturated heterocycles. The van der Waals surface area contributed by atoms with Crippen molar-refractivity contribution < 1.29 is 27.4 Å². The maximum Gasteiger partial charge on any atom is 0.154 e. The summed E-state index contributed by atoms with van der Waals surface area (Å²) in [5.74, 6) is -1.43. The van der Waals surface area contributed by atoms with Gasteiger partial charge >= 0.3 is 0 Å². The van der Waals surface area contributed by atoms with Crippen molar-refractivity contribution in [2.75, 3.05) is 6.61 Å². The molecule has 8 aromatic carbocycles. The first-order chi connectivity index (χ1) is 46.5. The number of halogens is 8. The molecule has 13 rings (SSSR count). The highest BCUT2D eigenvalue weighted by Gasteiger charge is 2.30. The Bertz CT molecular complexity index is 5040. The summed E-state index contributed by atoms with van der Waals surface area (Å²) in [6, 6.07) is 45.9. The molecule has 0 radical (unpaired) electrons. The lowest BCUT2D eigenvalue weighted by molar-refractivity contribution is -0.0589. The van der Waals surface area contributed by atoms with Gasteiger partial charge in [0.25, 0.3) is 0 Å². The average molecular weight is 1400 g/mol. The second kappa shape index (κ2) is 30.9. The van der Waals surface area contributed by atoms with Crippen LogP contribution in [0, 0.1) is 23.3 Å². The molecule has 1 fully saturated rings. The Morgan fingerprint density at radius 3 is 1.00 bits per heavy atom. The Balaban J connectivity index is 0.000000148. The summed E-state index contributed by atoms with van der Waals surface area (Å²) in [6.45, 7) is 15.0. The molecule has 1 atom stereocenters. The number of hydrogen-bond donors (Lipinski definition) is 3. The second-order valence-electron chi connectivity index (χ2n) is 24.6. The van der Waals surface area contributed by atoms with Crippen LogP contribution in [0.3, 0.4) is 0 Å². The SMILES string of the molecule is CC(C)(N)c1nc2c(Cl)cccc2nc1-c1cccc(F)c1.CC(C)(N)c1nc2cccc(Cl)c2nc1-c1cccc(F)c1.CC(C)(N=[N+]=[N-])c1nc2c(Cl)cccc2nc1-c1cccc(F)c1.CC(C)(N=[N+]=[N-])c1nc2cccc(Cl)c2nc1-c1cccc(F)c1.OC1CCCO1. The number of hydrogen-bond acceptors (Lipinski definition) is 14. The minimum absolute atomic E-state index is 0.328. The number of nitrogens with two attached hydrogens (primary N) is 2. The van der Waals surface area contributed by atoms with Crippen molar-refractivity contribution in [3.63, 3.8) is 0 Å². The molecule has 500 valence electrons. The van der Waals surface area contributed by atoms with E-state index in [4.69, 9.17) is 78.8 Å². The number of para-hydroxylation sites is 4. The molecule has 26 heteroatoms. The number of rotatable bonds is 10. The third-order valence-corrected chi connectivity index (χ3v) is 16.1. The zero-order chi connectivity index (χ0) is 70.9. The summed E-state index contributed by atoms with van der Waals surface area (Å²) < 4.78 is 59.2. The van der Waals surface area contributed by atoms with E-state index >= 15 is 0 Å². The largest absolute Gasteiger partial charge is 0.368 e. The van der Waals surface area contributed by atoms with Gasteiger partial charge in [-0.25, -0.2) is 57.4 Å². The van der Waals surface area contributed by atoms with Crippen molar-refractivity contribution in [3.8, 4) is 45.0 Å². The average Bonchev–Trinajstić information content (AvgIpc) is 0.809. The number of aliphatic hydroxyl groups is 1. The Morgan fingerprint density at radius 2 is 0.694 bits per heavy atom. The molecule has 1 aliphatic heterocycles.